The molecule has 0 fully saturated rings. The van der Waals surface area contributed by atoms with Crippen LogP contribution in [-0.2, 0) is 11.2 Å². The van der Waals surface area contributed by atoms with E-state index in [2.05, 4.69) is 15.5 Å². The van der Waals surface area contributed by atoms with Crippen LogP contribution in [0.1, 0.15) is 31.0 Å². The summed E-state index contributed by atoms with van der Waals surface area (Å²) in [5.41, 5.74) is 2.75. The third-order valence-electron chi connectivity index (χ3n) is 5.19. The number of carbonyl (C=O) groups excluding carboxylic acids is 1. The largest absolute Gasteiger partial charge is 0.497 e. The lowest BCUT2D eigenvalue weighted by Gasteiger charge is -2.30. The van der Waals surface area contributed by atoms with Crippen LogP contribution in [0, 0.1) is 5.41 Å². The molecule has 2 aromatic carbocycles. The fourth-order valence-electron chi connectivity index (χ4n) is 3.90. The molecule has 1 atom stereocenters. The summed E-state index contributed by atoms with van der Waals surface area (Å²) < 4.78 is 5.26. The zero-order chi connectivity index (χ0) is 19.3. The fourth-order valence-corrected chi connectivity index (χ4v) is 4.38. The van der Waals surface area contributed by atoms with Crippen LogP contribution in [0.25, 0.3) is 10.9 Å². The Morgan fingerprint density at radius 2 is 1.93 bits per heavy atom. The van der Waals surface area contributed by atoms with Crippen LogP contribution in [-0.4, -0.2) is 23.2 Å². The van der Waals surface area contributed by atoms with Crippen molar-refractivity contribution < 1.29 is 9.53 Å². The second-order valence-electron chi connectivity index (χ2n) is 7.49. The number of H-pyrrole nitrogens is 1. The van der Waals surface area contributed by atoms with Gasteiger partial charge in [0.1, 0.15) is 5.75 Å². The molecule has 7 heteroatoms. The third kappa shape index (κ3) is 2.95. The number of nitrogens with zero attached hydrogens (tertiary/aromatic N) is 1. The van der Waals surface area contributed by atoms with Gasteiger partial charge in [-0.3, -0.25) is 9.89 Å². The highest BCUT2D eigenvalue weighted by atomic mass is 35.5. The second kappa shape index (κ2) is 6.43. The van der Waals surface area contributed by atoms with E-state index in [1.165, 1.54) is 0 Å². The molecule has 2 N–H and O–H groups in total. The van der Waals surface area contributed by atoms with Crippen molar-refractivity contribution in [3.63, 3.8) is 0 Å². The minimum Gasteiger partial charge on any atom is -0.497 e. The van der Waals surface area contributed by atoms with Crippen LogP contribution < -0.4 is 10.1 Å². The number of rotatable bonds is 4. The summed E-state index contributed by atoms with van der Waals surface area (Å²) in [4.78, 5) is 12.8. The fraction of sp³-hybridized carbons (Fsp3) is 0.300. The van der Waals surface area contributed by atoms with Crippen LogP contribution in [0.5, 0.6) is 5.75 Å². The van der Waals surface area contributed by atoms with Crippen molar-refractivity contribution in [3.05, 3.63) is 51.6 Å². The highest BCUT2D eigenvalue weighted by Gasteiger charge is 2.44. The molecule has 4 rings (SSSR count). The first kappa shape index (κ1) is 18.1. The van der Waals surface area contributed by atoms with Gasteiger partial charge in [0.15, 0.2) is 0 Å². The van der Waals surface area contributed by atoms with Crippen LogP contribution in [0.15, 0.2) is 30.3 Å². The van der Waals surface area contributed by atoms with Crippen LogP contribution in [0.4, 0.5) is 5.69 Å². The van der Waals surface area contributed by atoms with Crippen molar-refractivity contribution in [1.29, 1.82) is 0 Å². The summed E-state index contributed by atoms with van der Waals surface area (Å²) in [6.45, 7) is 4.10. The van der Waals surface area contributed by atoms with E-state index in [9.17, 15) is 4.79 Å². The maximum atomic E-state index is 12.8. The number of fused-ring (bicyclic) bond motifs is 2. The predicted molar refractivity (Wildman–Crippen MR) is 108 cm³/mol. The number of carbonyl (C=O) groups is 1. The van der Waals surface area contributed by atoms with Gasteiger partial charge < -0.3 is 10.1 Å². The third-order valence-corrected chi connectivity index (χ3v) is 5.84. The average Bonchev–Trinajstić information content (AvgIpc) is 3.19. The molecular weight excluding hydrogens is 385 g/mol. The Morgan fingerprint density at radius 3 is 2.67 bits per heavy atom. The molecule has 0 saturated heterocycles. The molecule has 0 spiro atoms. The monoisotopic (exact) mass is 403 g/mol. The standard InChI is InChI=1S/C20H19Cl2N3O2/c1-20(2,9-15-11-5-4-10(27-3)8-14(11)24-25-15)17-16-12(21)6-7-13(22)18(16)23-19(17)26/h4-8,17H,9H2,1-3H3,(H,23,26)(H,24,25). The topological polar surface area (TPSA) is 67.0 Å². The summed E-state index contributed by atoms with van der Waals surface area (Å²) in [5, 5.41) is 12.5. The molecule has 0 saturated carbocycles. The van der Waals surface area contributed by atoms with Crippen LogP contribution in [0.3, 0.4) is 0 Å². The lowest BCUT2D eigenvalue weighted by Crippen LogP contribution is -2.30. The summed E-state index contributed by atoms with van der Waals surface area (Å²) in [7, 11) is 1.63. The highest BCUT2D eigenvalue weighted by Crippen LogP contribution is 2.50. The van der Waals surface area contributed by atoms with Crippen molar-refractivity contribution in [2.45, 2.75) is 26.2 Å². The molecule has 140 valence electrons. The second-order valence-corrected chi connectivity index (χ2v) is 8.30. The minimum atomic E-state index is -0.425. The zero-order valence-corrected chi connectivity index (χ0v) is 16.7. The van der Waals surface area contributed by atoms with Crippen molar-refractivity contribution in [3.8, 4) is 5.75 Å². The number of ether oxygens (including phenoxy) is 1. The van der Waals surface area contributed by atoms with Crippen molar-refractivity contribution in [1.82, 2.24) is 10.2 Å². The van der Waals surface area contributed by atoms with Gasteiger partial charge >= 0.3 is 0 Å². The van der Waals surface area contributed by atoms with Gasteiger partial charge in [0.25, 0.3) is 0 Å². The number of hydrogen-bond donors (Lipinski definition) is 2. The van der Waals surface area contributed by atoms with E-state index in [4.69, 9.17) is 27.9 Å². The van der Waals surface area contributed by atoms with Gasteiger partial charge in [-0.1, -0.05) is 37.0 Å². The smallest absolute Gasteiger partial charge is 0.232 e. The number of aromatic amines is 1. The number of halogens is 2. The molecule has 5 nitrogen and oxygen atoms in total. The van der Waals surface area contributed by atoms with E-state index in [0.717, 1.165) is 27.9 Å². The summed E-state index contributed by atoms with van der Waals surface area (Å²) in [5.74, 6) is 0.262. The quantitative estimate of drug-likeness (QED) is 0.630. The Kier molecular flexibility index (Phi) is 4.32. The Morgan fingerprint density at radius 1 is 1.19 bits per heavy atom. The lowest BCUT2D eigenvalue weighted by atomic mass is 9.72. The minimum absolute atomic E-state index is 0.0912. The first-order valence-electron chi connectivity index (χ1n) is 8.61. The number of methoxy groups -OCH3 is 1. The van der Waals surface area contributed by atoms with Crippen molar-refractivity contribution in [2.24, 2.45) is 5.41 Å². The highest BCUT2D eigenvalue weighted by molar-refractivity contribution is 6.37. The maximum absolute atomic E-state index is 12.8. The summed E-state index contributed by atoms with van der Waals surface area (Å²) in [6, 6.07) is 9.24. The molecule has 1 aromatic heterocycles. The predicted octanol–water partition coefficient (Wildman–Crippen LogP) is 5.18. The van der Waals surface area contributed by atoms with Gasteiger partial charge in [-0.05, 0) is 36.1 Å². The SMILES string of the molecule is COc1ccc2c(CC(C)(C)C3C(=O)Nc4c(Cl)ccc(Cl)c43)n[nH]c2c1. The normalized spacial score (nSPS) is 16.5. The molecule has 1 aliphatic heterocycles. The van der Waals surface area contributed by atoms with Gasteiger partial charge in [-0.25, -0.2) is 0 Å². The Balaban J connectivity index is 1.73. The van der Waals surface area contributed by atoms with E-state index >= 15 is 0 Å². The molecular formula is C20H19Cl2N3O2. The van der Waals surface area contributed by atoms with Crippen LogP contribution >= 0.6 is 23.2 Å². The molecule has 27 heavy (non-hydrogen) atoms. The molecule has 1 amide bonds. The van der Waals surface area contributed by atoms with Gasteiger partial charge in [0, 0.05) is 22.0 Å². The number of amides is 1. The van der Waals surface area contributed by atoms with E-state index in [-0.39, 0.29) is 5.91 Å². The van der Waals surface area contributed by atoms with Crippen molar-refractivity contribution >= 4 is 45.7 Å². The first-order valence-corrected chi connectivity index (χ1v) is 9.37. The molecule has 1 unspecified atom stereocenters. The number of aromatic nitrogens is 2. The lowest BCUT2D eigenvalue weighted by molar-refractivity contribution is -0.119. The van der Waals surface area contributed by atoms with Crippen molar-refractivity contribution in [2.75, 3.05) is 12.4 Å². The summed E-state index contributed by atoms with van der Waals surface area (Å²) in [6.07, 6.45) is 0.597. The van der Waals surface area contributed by atoms with E-state index in [0.29, 0.717) is 22.2 Å². The molecule has 0 radical (unpaired) electrons. The molecule has 2 heterocycles. The van der Waals surface area contributed by atoms with Gasteiger partial charge in [-0.2, -0.15) is 5.10 Å². The van der Waals surface area contributed by atoms with E-state index in [1.54, 1.807) is 19.2 Å². The number of benzene rings is 2. The average molecular weight is 404 g/mol. The number of hydrogen-bond acceptors (Lipinski definition) is 3. The first-order chi connectivity index (χ1) is 12.8. The Bertz CT molecular complexity index is 1060. The number of anilines is 1. The number of nitrogens with one attached hydrogen (secondary N) is 2. The van der Waals surface area contributed by atoms with Gasteiger partial charge in [-0.15, -0.1) is 0 Å². The van der Waals surface area contributed by atoms with Gasteiger partial charge in [0.2, 0.25) is 5.91 Å². The molecule has 0 aliphatic carbocycles. The molecule has 3 aromatic rings. The Labute approximate surface area is 167 Å². The van der Waals surface area contributed by atoms with E-state index in [1.807, 2.05) is 32.0 Å². The maximum Gasteiger partial charge on any atom is 0.232 e. The molecule has 0 bridgehead atoms. The van der Waals surface area contributed by atoms with E-state index < -0.39 is 11.3 Å². The molecule has 1 aliphatic rings. The Hall–Kier alpha value is -2.24. The van der Waals surface area contributed by atoms with Gasteiger partial charge in [0.05, 0.1) is 34.9 Å². The van der Waals surface area contributed by atoms with Crippen LogP contribution in [0.2, 0.25) is 10.0 Å². The zero-order valence-electron chi connectivity index (χ0n) is 15.2. The summed E-state index contributed by atoms with van der Waals surface area (Å²) >= 11 is 12.7.